The summed E-state index contributed by atoms with van der Waals surface area (Å²) in [4.78, 5) is 30.9. The molecule has 5 heterocycles. The van der Waals surface area contributed by atoms with Crippen LogP contribution in [0, 0.1) is 0 Å². The van der Waals surface area contributed by atoms with E-state index in [4.69, 9.17) is 16.1 Å². The molecule has 2 aliphatic heterocycles. The molecule has 0 radical (unpaired) electrons. The molecule has 3 aromatic rings. The predicted octanol–water partition coefficient (Wildman–Crippen LogP) is 2.72. The molecule has 192 valence electrons. The van der Waals surface area contributed by atoms with Crippen LogP contribution in [0.3, 0.4) is 0 Å². The van der Waals surface area contributed by atoms with Gasteiger partial charge in [-0.3, -0.25) is 14.3 Å². The lowest BCUT2D eigenvalue weighted by molar-refractivity contribution is 0.00545. The first-order chi connectivity index (χ1) is 17.3. The van der Waals surface area contributed by atoms with Gasteiger partial charge in [-0.05, 0) is 38.8 Å². The lowest BCUT2D eigenvalue weighted by Crippen LogP contribution is -2.53. The van der Waals surface area contributed by atoms with E-state index in [-0.39, 0.29) is 48.9 Å². The van der Waals surface area contributed by atoms with Crippen LogP contribution in [0.2, 0.25) is 4.34 Å². The van der Waals surface area contributed by atoms with Gasteiger partial charge in [-0.25, -0.2) is 0 Å². The van der Waals surface area contributed by atoms with Crippen LogP contribution in [0.1, 0.15) is 53.4 Å². The summed E-state index contributed by atoms with van der Waals surface area (Å²) in [7, 11) is 0. The van der Waals surface area contributed by atoms with Crippen molar-refractivity contribution in [2.24, 2.45) is 0 Å². The van der Waals surface area contributed by atoms with Crippen molar-refractivity contribution in [3.8, 4) is 10.6 Å². The minimum Gasteiger partial charge on any atom is -0.389 e. The Labute approximate surface area is 217 Å². The van der Waals surface area contributed by atoms with Crippen LogP contribution >= 0.6 is 22.9 Å². The van der Waals surface area contributed by atoms with E-state index in [1.807, 2.05) is 6.07 Å². The maximum Gasteiger partial charge on any atom is 0.274 e. The third kappa shape index (κ3) is 5.34. The monoisotopic (exact) mass is 532 g/mol. The number of carbonyl (C=O) groups is 2. The Kier molecular flexibility index (Phi) is 7.16. The number of aliphatic hydroxyl groups is 1. The van der Waals surface area contributed by atoms with Crippen molar-refractivity contribution in [1.29, 1.82) is 0 Å². The van der Waals surface area contributed by atoms with Gasteiger partial charge in [0, 0.05) is 50.4 Å². The van der Waals surface area contributed by atoms with Crippen LogP contribution in [-0.4, -0.2) is 86.0 Å². The molecule has 0 aromatic carbocycles. The molecule has 2 fully saturated rings. The quantitative estimate of drug-likeness (QED) is 0.480. The number of β-amino-alcohol motifs (C(OH)–C–C–N with tert-alkyl or cyclic N) is 1. The molecule has 2 saturated heterocycles. The van der Waals surface area contributed by atoms with Crippen LogP contribution < -0.4 is 5.32 Å². The molecule has 10 nitrogen and oxygen atoms in total. The third-order valence-electron chi connectivity index (χ3n) is 6.66. The molecule has 0 spiro atoms. The van der Waals surface area contributed by atoms with Crippen molar-refractivity contribution < 1.29 is 19.2 Å². The predicted molar refractivity (Wildman–Crippen MR) is 135 cm³/mol. The van der Waals surface area contributed by atoms with Crippen LogP contribution in [0.4, 0.5) is 0 Å². The molecular formula is C24H29ClN6O4S. The van der Waals surface area contributed by atoms with E-state index < -0.39 is 6.10 Å². The second-order valence-electron chi connectivity index (χ2n) is 9.60. The number of hydrogen-bond donors (Lipinski definition) is 2. The van der Waals surface area contributed by atoms with Crippen molar-refractivity contribution in [1.82, 2.24) is 30.1 Å². The first-order valence-electron chi connectivity index (χ1n) is 12.1. The molecule has 0 aliphatic carbocycles. The van der Waals surface area contributed by atoms with E-state index in [1.165, 1.54) is 27.0 Å². The fourth-order valence-corrected chi connectivity index (χ4v) is 5.52. The van der Waals surface area contributed by atoms with Crippen LogP contribution in [0.5, 0.6) is 0 Å². The highest BCUT2D eigenvalue weighted by atomic mass is 35.5. The number of hydrogen-bond acceptors (Lipinski definition) is 8. The summed E-state index contributed by atoms with van der Waals surface area (Å²) < 4.78 is 7.61. The SMILES string of the molecule is CC(C)N1CCC(NC(=O)c2cc(C(=O)N3CC(O)C3)nn2Cc2cc(-c3ccc(Cl)s3)on2)CC1. The Balaban J connectivity index is 1.34. The number of carbonyl (C=O) groups excluding carboxylic acids is 2. The van der Waals surface area contributed by atoms with Gasteiger partial charge in [0.2, 0.25) is 0 Å². The average molecular weight is 533 g/mol. The highest BCUT2D eigenvalue weighted by Crippen LogP contribution is 2.31. The largest absolute Gasteiger partial charge is 0.389 e. The van der Waals surface area contributed by atoms with Crippen molar-refractivity contribution in [2.75, 3.05) is 26.2 Å². The number of aromatic nitrogens is 3. The summed E-state index contributed by atoms with van der Waals surface area (Å²) in [5.41, 5.74) is 1.01. The number of nitrogens with zero attached hydrogens (tertiary/aromatic N) is 5. The number of amides is 2. The summed E-state index contributed by atoms with van der Waals surface area (Å²) in [5, 5.41) is 21.3. The van der Waals surface area contributed by atoms with Crippen molar-refractivity contribution in [2.45, 2.75) is 51.4 Å². The van der Waals surface area contributed by atoms with Crippen molar-refractivity contribution in [3.63, 3.8) is 0 Å². The number of rotatable bonds is 7. The lowest BCUT2D eigenvalue weighted by Gasteiger charge is -2.35. The van der Waals surface area contributed by atoms with E-state index >= 15 is 0 Å². The first kappa shape index (κ1) is 24.9. The van der Waals surface area contributed by atoms with Gasteiger partial charge in [0.1, 0.15) is 11.4 Å². The lowest BCUT2D eigenvalue weighted by atomic mass is 10.0. The van der Waals surface area contributed by atoms with Gasteiger partial charge in [-0.2, -0.15) is 5.10 Å². The molecule has 0 unspecified atom stereocenters. The zero-order chi connectivity index (χ0) is 25.4. The van der Waals surface area contributed by atoms with E-state index in [0.29, 0.717) is 21.8 Å². The zero-order valence-corrected chi connectivity index (χ0v) is 21.8. The summed E-state index contributed by atoms with van der Waals surface area (Å²) >= 11 is 7.41. The highest BCUT2D eigenvalue weighted by molar-refractivity contribution is 7.19. The molecule has 0 bridgehead atoms. The first-order valence-corrected chi connectivity index (χ1v) is 13.3. The van der Waals surface area contributed by atoms with Gasteiger partial charge in [0.25, 0.3) is 11.8 Å². The minimum absolute atomic E-state index is 0.0581. The summed E-state index contributed by atoms with van der Waals surface area (Å²) in [6, 6.07) is 7.48. The van der Waals surface area contributed by atoms with E-state index in [9.17, 15) is 14.7 Å². The van der Waals surface area contributed by atoms with E-state index in [1.54, 1.807) is 12.1 Å². The zero-order valence-electron chi connectivity index (χ0n) is 20.2. The second kappa shape index (κ2) is 10.3. The molecule has 2 aliphatic rings. The Morgan fingerprint density at radius 1 is 1.25 bits per heavy atom. The Morgan fingerprint density at radius 2 is 2.00 bits per heavy atom. The van der Waals surface area contributed by atoms with Crippen LogP contribution in [0.15, 0.2) is 28.8 Å². The van der Waals surface area contributed by atoms with Crippen LogP contribution in [0.25, 0.3) is 10.6 Å². The van der Waals surface area contributed by atoms with Crippen molar-refractivity contribution in [3.05, 3.63) is 45.7 Å². The molecule has 3 aromatic heterocycles. The second-order valence-corrected chi connectivity index (χ2v) is 11.3. The molecular weight excluding hydrogens is 504 g/mol. The third-order valence-corrected chi connectivity index (χ3v) is 7.91. The molecule has 36 heavy (non-hydrogen) atoms. The van der Waals surface area contributed by atoms with Gasteiger partial charge in [0.05, 0.1) is 21.9 Å². The topological polar surface area (TPSA) is 117 Å². The van der Waals surface area contributed by atoms with Gasteiger partial charge in [-0.15, -0.1) is 11.3 Å². The summed E-state index contributed by atoms with van der Waals surface area (Å²) in [6.45, 7) is 6.89. The van der Waals surface area contributed by atoms with E-state index in [2.05, 4.69) is 34.3 Å². The normalized spacial score (nSPS) is 17.5. The maximum atomic E-state index is 13.3. The smallest absolute Gasteiger partial charge is 0.274 e. The fraction of sp³-hybridized carbons (Fsp3) is 0.500. The molecule has 12 heteroatoms. The summed E-state index contributed by atoms with van der Waals surface area (Å²) in [6.07, 6.45) is 1.21. The van der Waals surface area contributed by atoms with Crippen molar-refractivity contribution >= 4 is 34.8 Å². The van der Waals surface area contributed by atoms with Gasteiger partial charge in [-0.1, -0.05) is 16.8 Å². The number of aliphatic hydroxyl groups excluding tert-OH is 1. The fourth-order valence-electron chi connectivity index (χ4n) is 4.53. The number of nitrogens with one attached hydrogen (secondary N) is 1. The maximum absolute atomic E-state index is 13.3. The molecule has 0 atom stereocenters. The van der Waals surface area contributed by atoms with Crippen LogP contribution in [-0.2, 0) is 6.54 Å². The van der Waals surface area contributed by atoms with E-state index in [0.717, 1.165) is 30.8 Å². The van der Waals surface area contributed by atoms with Gasteiger partial charge in [0.15, 0.2) is 11.5 Å². The summed E-state index contributed by atoms with van der Waals surface area (Å²) in [5.74, 6) is -0.0165. The number of piperidine rings is 1. The minimum atomic E-state index is -0.519. The molecule has 2 amide bonds. The number of halogens is 1. The Morgan fingerprint density at radius 3 is 2.64 bits per heavy atom. The number of likely N-dealkylation sites (tertiary alicyclic amines) is 2. The van der Waals surface area contributed by atoms with Gasteiger partial charge >= 0.3 is 0 Å². The average Bonchev–Trinajstić information content (AvgIpc) is 3.57. The Hall–Kier alpha value is -2.73. The molecule has 5 rings (SSSR count). The number of thiophene rings is 1. The molecule has 2 N–H and O–H groups in total. The highest BCUT2D eigenvalue weighted by Gasteiger charge is 2.32. The standard InChI is InChI=1S/C24H29ClN6O4S/c1-14(2)29-7-5-15(6-8-29)26-23(33)19-10-18(24(34)30-12-17(32)13-30)27-31(19)11-16-9-20(35-28-16)21-3-4-22(25)36-21/h3-4,9-10,14-15,17,32H,5-8,11-13H2,1-2H3,(H,26,33). The van der Waals surface area contributed by atoms with Gasteiger partial charge < -0.3 is 24.7 Å². The Bertz CT molecular complexity index is 1240. The molecule has 0 saturated carbocycles.